The summed E-state index contributed by atoms with van der Waals surface area (Å²) in [5, 5.41) is 2.79. The van der Waals surface area contributed by atoms with Gasteiger partial charge in [-0.1, -0.05) is 30.3 Å². The van der Waals surface area contributed by atoms with Crippen LogP contribution < -0.4 is 5.32 Å². The maximum Gasteiger partial charge on any atom is 0.325 e. The van der Waals surface area contributed by atoms with E-state index in [0.29, 0.717) is 13.0 Å². The largest absolute Gasteiger partial charge is 0.325 e. The molecule has 1 atom stereocenters. The Morgan fingerprint density at radius 2 is 1.77 bits per heavy atom. The standard InChI is InChI=1S/C17H17N3O2/c1-17(14-7-10-18-11-8-14)15(21)20(16(22)19-17)12-9-13-5-3-2-4-6-13/h2-8,10-11H,9,12H2,1H3,(H,19,22)/t17-/m0/s1. The molecular formula is C17H17N3O2. The second-order valence-corrected chi connectivity index (χ2v) is 5.48. The smallest absolute Gasteiger partial charge is 0.319 e. The van der Waals surface area contributed by atoms with Crippen LogP contribution in [0, 0.1) is 0 Å². The number of pyridine rings is 1. The van der Waals surface area contributed by atoms with E-state index in [4.69, 9.17) is 0 Å². The summed E-state index contributed by atoms with van der Waals surface area (Å²) in [6.07, 6.45) is 3.88. The third-order valence-electron chi connectivity index (χ3n) is 4.00. The quantitative estimate of drug-likeness (QED) is 0.879. The van der Waals surface area contributed by atoms with Gasteiger partial charge in [0, 0.05) is 18.9 Å². The van der Waals surface area contributed by atoms with Gasteiger partial charge in [0.15, 0.2) is 0 Å². The van der Waals surface area contributed by atoms with E-state index in [-0.39, 0.29) is 11.9 Å². The number of carbonyl (C=O) groups is 2. The highest BCUT2D eigenvalue weighted by Gasteiger charge is 2.48. The number of carbonyl (C=O) groups excluding carboxylic acids is 2. The van der Waals surface area contributed by atoms with Crippen LogP contribution >= 0.6 is 0 Å². The van der Waals surface area contributed by atoms with Gasteiger partial charge in [0.1, 0.15) is 5.54 Å². The van der Waals surface area contributed by atoms with Crippen LogP contribution in [0.25, 0.3) is 0 Å². The molecule has 5 heteroatoms. The molecule has 1 aliphatic heterocycles. The minimum absolute atomic E-state index is 0.223. The van der Waals surface area contributed by atoms with Crippen molar-refractivity contribution in [2.24, 2.45) is 0 Å². The van der Waals surface area contributed by atoms with E-state index >= 15 is 0 Å². The molecule has 0 radical (unpaired) electrons. The van der Waals surface area contributed by atoms with Crippen LogP contribution in [0.15, 0.2) is 54.9 Å². The van der Waals surface area contributed by atoms with Gasteiger partial charge in [-0.25, -0.2) is 4.79 Å². The number of hydrogen-bond acceptors (Lipinski definition) is 3. The van der Waals surface area contributed by atoms with Crippen LogP contribution in [0.1, 0.15) is 18.1 Å². The van der Waals surface area contributed by atoms with Crippen LogP contribution in [-0.4, -0.2) is 28.4 Å². The normalized spacial score (nSPS) is 21.0. The van der Waals surface area contributed by atoms with Gasteiger partial charge in [0.05, 0.1) is 0 Å². The van der Waals surface area contributed by atoms with Crippen LogP contribution in [0.5, 0.6) is 0 Å². The lowest BCUT2D eigenvalue weighted by molar-refractivity contribution is -0.131. The van der Waals surface area contributed by atoms with Crippen molar-refractivity contribution < 1.29 is 9.59 Å². The minimum atomic E-state index is -1.02. The zero-order valence-corrected chi connectivity index (χ0v) is 12.3. The Bertz CT molecular complexity index is 688. The van der Waals surface area contributed by atoms with Crippen LogP contribution in [0.2, 0.25) is 0 Å². The summed E-state index contributed by atoms with van der Waals surface area (Å²) in [6, 6.07) is 13.0. The molecule has 1 saturated heterocycles. The molecule has 2 aromatic rings. The highest BCUT2D eigenvalue weighted by atomic mass is 16.2. The highest BCUT2D eigenvalue weighted by molar-refractivity contribution is 6.07. The molecule has 0 bridgehead atoms. The number of rotatable bonds is 4. The van der Waals surface area contributed by atoms with Gasteiger partial charge >= 0.3 is 6.03 Å². The first-order chi connectivity index (χ1) is 10.6. The molecule has 0 aliphatic carbocycles. The van der Waals surface area contributed by atoms with Gasteiger partial charge in [0.2, 0.25) is 0 Å². The molecule has 1 aromatic heterocycles. The minimum Gasteiger partial charge on any atom is -0.319 e. The van der Waals surface area contributed by atoms with E-state index in [2.05, 4.69) is 10.3 Å². The van der Waals surface area contributed by atoms with Gasteiger partial charge < -0.3 is 5.32 Å². The summed E-state index contributed by atoms with van der Waals surface area (Å²) < 4.78 is 0. The SMILES string of the molecule is C[C@@]1(c2ccncc2)NC(=O)N(CCc2ccccc2)C1=O. The monoisotopic (exact) mass is 295 g/mol. The Morgan fingerprint density at radius 1 is 1.09 bits per heavy atom. The van der Waals surface area contributed by atoms with Crippen LogP contribution in [0.4, 0.5) is 4.79 Å². The third-order valence-corrected chi connectivity index (χ3v) is 4.00. The Labute approximate surface area is 129 Å². The molecular weight excluding hydrogens is 278 g/mol. The second kappa shape index (κ2) is 5.60. The molecule has 1 aromatic carbocycles. The average Bonchev–Trinajstić information content (AvgIpc) is 2.78. The van der Waals surface area contributed by atoms with Gasteiger partial charge in [-0.2, -0.15) is 0 Å². The van der Waals surface area contributed by atoms with Crippen molar-refractivity contribution in [1.29, 1.82) is 0 Å². The van der Waals surface area contributed by atoms with Crippen molar-refractivity contribution in [3.63, 3.8) is 0 Å². The topological polar surface area (TPSA) is 62.3 Å². The molecule has 112 valence electrons. The van der Waals surface area contributed by atoms with Crippen LogP contribution in [-0.2, 0) is 16.8 Å². The Morgan fingerprint density at radius 3 is 2.45 bits per heavy atom. The van der Waals surface area contributed by atoms with E-state index in [1.807, 2.05) is 30.3 Å². The van der Waals surface area contributed by atoms with Crippen molar-refractivity contribution in [2.75, 3.05) is 6.54 Å². The molecule has 0 saturated carbocycles. The van der Waals surface area contributed by atoms with E-state index < -0.39 is 5.54 Å². The van der Waals surface area contributed by atoms with Crippen molar-refractivity contribution in [3.8, 4) is 0 Å². The lowest BCUT2D eigenvalue weighted by Crippen LogP contribution is -2.41. The maximum absolute atomic E-state index is 12.7. The van der Waals surface area contributed by atoms with Crippen molar-refractivity contribution in [3.05, 3.63) is 66.0 Å². The molecule has 3 amide bonds. The highest BCUT2D eigenvalue weighted by Crippen LogP contribution is 2.28. The second-order valence-electron chi connectivity index (χ2n) is 5.48. The number of urea groups is 1. The van der Waals surface area contributed by atoms with E-state index in [0.717, 1.165) is 11.1 Å². The van der Waals surface area contributed by atoms with Crippen molar-refractivity contribution in [1.82, 2.24) is 15.2 Å². The van der Waals surface area contributed by atoms with E-state index in [1.54, 1.807) is 31.5 Å². The zero-order valence-electron chi connectivity index (χ0n) is 12.3. The number of benzene rings is 1. The Balaban J connectivity index is 1.77. The lowest BCUT2D eigenvalue weighted by Gasteiger charge is -2.21. The van der Waals surface area contributed by atoms with E-state index in [1.165, 1.54) is 4.90 Å². The number of nitrogens with zero attached hydrogens (tertiary/aromatic N) is 2. The molecule has 1 aliphatic rings. The van der Waals surface area contributed by atoms with Gasteiger partial charge in [0.25, 0.3) is 5.91 Å². The van der Waals surface area contributed by atoms with E-state index in [9.17, 15) is 9.59 Å². The fourth-order valence-electron chi connectivity index (χ4n) is 2.67. The fourth-order valence-corrected chi connectivity index (χ4v) is 2.67. The van der Waals surface area contributed by atoms with Crippen LogP contribution in [0.3, 0.4) is 0 Å². The summed E-state index contributed by atoms with van der Waals surface area (Å²) in [7, 11) is 0. The summed E-state index contributed by atoms with van der Waals surface area (Å²) in [4.78, 5) is 30.1. The first kappa shape index (κ1) is 14.3. The zero-order chi connectivity index (χ0) is 15.6. The summed E-state index contributed by atoms with van der Waals surface area (Å²) in [5.74, 6) is -0.223. The molecule has 1 fully saturated rings. The maximum atomic E-state index is 12.7. The molecule has 1 N–H and O–H groups in total. The third kappa shape index (κ3) is 2.45. The lowest BCUT2D eigenvalue weighted by atomic mass is 9.93. The molecule has 0 unspecified atom stereocenters. The first-order valence-electron chi connectivity index (χ1n) is 7.20. The fraction of sp³-hybridized carbons (Fsp3) is 0.235. The predicted molar refractivity (Wildman–Crippen MR) is 82.0 cm³/mol. The average molecular weight is 295 g/mol. The first-order valence-corrected chi connectivity index (χ1v) is 7.20. The number of aromatic nitrogens is 1. The van der Waals surface area contributed by atoms with Gasteiger partial charge in [-0.3, -0.25) is 14.7 Å². The van der Waals surface area contributed by atoms with Crippen molar-refractivity contribution in [2.45, 2.75) is 18.9 Å². The summed E-state index contributed by atoms with van der Waals surface area (Å²) >= 11 is 0. The predicted octanol–water partition coefficient (Wildman–Crippen LogP) is 2.09. The molecule has 3 rings (SSSR count). The summed E-state index contributed by atoms with van der Waals surface area (Å²) in [6.45, 7) is 2.10. The van der Waals surface area contributed by atoms with Gasteiger partial charge in [-0.05, 0) is 36.6 Å². The molecule has 5 nitrogen and oxygen atoms in total. The van der Waals surface area contributed by atoms with Crippen molar-refractivity contribution >= 4 is 11.9 Å². The Kier molecular flexibility index (Phi) is 3.63. The molecule has 22 heavy (non-hydrogen) atoms. The number of imide groups is 1. The van der Waals surface area contributed by atoms with Gasteiger partial charge in [-0.15, -0.1) is 0 Å². The number of hydrogen-bond donors (Lipinski definition) is 1. The number of nitrogens with one attached hydrogen (secondary N) is 1. The molecule has 2 heterocycles. The Hall–Kier alpha value is -2.69. The number of amides is 3. The molecule has 0 spiro atoms. The summed E-state index contributed by atoms with van der Waals surface area (Å²) in [5.41, 5.74) is 0.820.